The molecule has 0 aliphatic carbocycles. The van der Waals surface area contributed by atoms with E-state index in [0.29, 0.717) is 0 Å². The average Bonchev–Trinajstić information content (AvgIpc) is 2.28. The monoisotopic (exact) mass is 228 g/mol. The van der Waals surface area contributed by atoms with Crippen LogP contribution in [0.5, 0.6) is 0 Å². The molecule has 7 nitrogen and oxygen atoms in total. The van der Waals surface area contributed by atoms with Crippen molar-refractivity contribution in [1.29, 1.82) is 0 Å². The summed E-state index contributed by atoms with van der Waals surface area (Å²) in [5, 5.41) is 18.6. The zero-order chi connectivity index (χ0) is 10.9. The van der Waals surface area contributed by atoms with E-state index in [1.807, 2.05) is 0 Å². The molecule has 1 aliphatic rings. The van der Waals surface area contributed by atoms with Crippen molar-refractivity contribution >= 4 is 7.82 Å². The molecule has 4 atom stereocenters. The van der Waals surface area contributed by atoms with Crippen molar-refractivity contribution in [3.05, 3.63) is 0 Å². The molecule has 84 valence electrons. The van der Waals surface area contributed by atoms with Gasteiger partial charge in [-0.25, -0.2) is 4.57 Å². The molecule has 1 aliphatic heterocycles. The summed E-state index contributed by atoms with van der Waals surface area (Å²) < 4.78 is 19.5. The van der Waals surface area contributed by atoms with Gasteiger partial charge in [-0.1, -0.05) is 0 Å². The van der Waals surface area contributed by atoms with Crippen LogP contribution in [-0.4, -0.2) is 51.0 Å². The van der Waals surface area contributed by atoms with Gasteiger partial charge in [-0.15, -0.1) is 0 Å². The summed E-state index contributed by atoms with van der Waals surface area (Å²) in [4.78, 5) is 16.8. The summed E-state index contributed by atoms with van der Waals surface area (Å²) in [7, 11) is -4.56. The van der Waals surface area contributed by atoms with E-state index in [4.69, 9.17) is 14.5 Å². The van der Waals surface area contributed by atoms with Crippen molar-refractivity contribution in [3.8, 4) is 0 Å². The van der Waals surface area contributed by atoms with Gasteiger partial charge in [0.05, 0.1) is 12.7 Å². The van der Waals surface area contributed by atoms with Crippen molar-refractivity contribution < 1.29 is 33.8 Å². The Morgan fingerprint density at radius 1 is 1.36 bits per heavy atom. The van der Waals surface area contributed by atoms with Crippen LogP contribution in [0.3, 0.4) is 0 Å². The minimum Gasteiger partial charge on any atom is -0.388 e. The molecule has 1 saturated heterocycles. The maximum atomic E-state index is 10.3. The number of rotatable bonds is 3. The Bertz CT molecular complexity index is 238. The highest BCUT2D eigenvalue weighted by molar-refractivity contribution is 7.46. The minimum absolute atomic E-state index is 0.452. The Balaban J connectivity index is 2.44. The van der Waals surface area contributed by atoms with E-state index in [1.165, 1.54) is 0 Å². The first-order chi connectivity index (χ1) is 6.31. The minimum atomic E-state index is -4.56. The zero-order valence-corrected chi connectivity index (χ0v) is 8.37. The Morgan fingerprint density at radius 3 is 2.29 bits per heavy atom. The lowest BCUT2D eigenvalue weighted by Gasteiger charge is -2.14. The van der Waals surface area contributed by atoms with Crippen molar-refractivity contribution in [3.63, 3.8) is 0 Å². The lowest BCUT2D eigenvalue weighted by Crippen LogP contribution is -2.33. The van der Waals surface area contributed by atoms with Gasteiger partial charge < -0.3 is 24.7 Å². The van der Waals surface area contributed by atoms with Crippen LogP contribution in [0.25, 0.3) is 0 Å². The number of aliphatic hydroxyl groups is 2. The second-order valence-electron chi connectivity index (χ2n) is 3.15. The highest BCUT2D eigenvalue weighted by atomic mass is 31.2. The van der Waals surface area contributed by atoms with E-state index in [2.05, 4.69) is 4.52 Å². The number of phosphoric ester groups is 1. The first kappa shape index (κ1) is 12.1. The van der Waals surface area contributed by atoms with Gasteiger partial charge in [-0.05, 0) is 6.92 Å². The van der Waals surface area contributed by atoms with Gasteiger partial charge in [0, 0.05) is 0 Å². The highest BCUT2D eigenvalue weighted by Gasteiger charge is 2.41. The van der Waals surface area contributed by atoms with E-state index < -0.39 is 38.8 Å². The first-order valence-electron chi connectivity index (χ1n) is 4.03. The standard InChI is InChI=1S/C6H13O7P/c1-3-5(7)6(8)4(13-3)2-12-14(9,10)11/h3-8H,2H2,1H3,(H2,9,10,11)/t3-,4+,5?,6-/m0/s1. The molecule has 4 N–H and O–H groups in total. The molecule has 8 heteroatoms. The van der Waals surface area contributed by atoms with E-state index in [1.54, 1.807) is 6.92 Å². The summed E-state index contributed by atoms with van der Waals surface area (Å²) in [5.41, 5.74) is 0. The lowest BCUT2D eigenvalue weighted by molar-refractivity contribution is -0.0169. The Labute approximate surface area is 80.5 Å². The summed E-state index contributed by atoms with van der Waals surface area (Å²) in [6, 6.07) is 0. The van der Waals surface area contributed by atoms with E-state index in [-0.39, 0.29) is 0 Å². The predicted octanol–water partition coefficient (Wildman–Crippen LogP) is -1.40. The molecule has 0 bridgehead atoms. The average molecular weight is 228 g/mol. The van der Waals surface area contributed by atoms with E-state index in [9.17, 15) is 14.8 Å². The topological polar surface area (TPSA) is 116 Å². The van der Waals surface area contributed by atoms with Crippen molar-refractivity contribution in [2.24, 2.45) is 0 Å². The first-order valence-corrected chi connectivity index (χ1v) is 5.56. The van der Waals surface area contributed by atoms with Crippen LogP contribution in [0.4, 0.5) is 0 Å². The summed E-state index contributed by atoms with van der Waals surface area (Å²) in [5.74, 6) is 0. The lowest BCUT2D eigenvalue weighted by atomic mass is 10.1. The van der Waals surface area contributed by atoms with Gasteiger partial charge in [0.2, 0.25) is 0 Å². The quantitative estimate of drug-likeness (QED) is 0.439. The molecule has 0 aromatic carbocycles. The fraction of sp³-hybridized carbons (Fsp3) is 1.00. The van der Waals surface area contributed by atoms with Gasteiger partial charge in [0.15, 0.2) is 0 Å². The van der Waals surface area contributed by atoms with Gasteiger partial charge in [-0.2, -0.15) is 0 Å². The van der Waals surface area contributed by atoms with Crippen molar-refractivity contribution in [2.75, 3.05) is 6.61 Å². The molecular formula is C6H13O7P. The van der Waals surface area contributed by atoms with Gasteiger partial charge >= 0.3 is 7.82 Å². The molecule has 0 amide bonds. The van der Waals surface area contributed by atoms with Crippen LogP contribution in [0.1, 0.15) is 6.92 Å². The molecule has 0 radical (unpaired) electrons. The smallest absolute Gasteiger partial charge is 0.388 e. The molecular weight excluding hydrogens is 215 g/mol. The summed E-state index contributed by atoms with van der Waals surface area (Å²) in [6.45, 7) is 1.10. The van der Waals surface area contributed by atoms with Gasteiger partial charge in [-0.3, -0.25) is 4.52 Å². The Morgan fingerprint density at radius 2 is 1.93 bits per heavy atom. The van der Waals surface area contributed by atoms with Crippen molar-refractivity contribution in [2.45, 2.75) is 31.3 Å². The molecule has 0 saturated carbocycles. The third kappa shape index (κ3) is 2.99. The number of ether oxygens (including phenoxy) is 1. The molecule has 0 spiro atoms. The number of aliphatic hydroxyl groups excluding tert-OH is 2. The maximum absolute atomic E-state index is 10.3. The fourth-order valence-electron chi connectivity index (χ4n) is 1.24. The van der Waals surface area contributed by atoms with Crippen molar-refractivity contribution in [1.82, 2.24) is 0 Å². The van der Waals surface area contributed by atoms with Gasteiger partial charge in [0.25, 0.3) is 0 Å². The molecule has 14 heavy (non-hydrogen) atoms. The number of phosphoric acid groups is 1. The summed E-state index contributed by atoms with van der Waals surface area (Å²) >= 11 is 0. The van der Waals surface area contributed by atoms with Crippen LogP contribution in [0, 0.1) is 0 Å². The third-order valence-electron chi connectivity index (χ3n) is 2.01. The molecule has 1 heterocycles. The number of hydrogen-bond donors (Lipinski definition) is 4. The van der Waals surface area contributed by atoms with Crippen LogP contribution >= 0.6 is 7.82 Å². The fourth-order valence-corrected chi connectivity index (χ4v) is 1.58. The third-order valence-corrected chi connectivity index (χ3v) is 2.49. The van der Waals surface area contributed by atoms with Crippen LogP contribution in [-0.2, 0) is 13.8 Å². The molecule has 1 fully saturated rings. The highest BCUT2D eigenvalue weighted by Crippen LogP contribution is 2.37. The normalized spacial score (nSPS) is 38.9. The Hall–Kier alpha value is -0.0100. The van der Waals surface area contributed by atoms with Gasteiger partial charge in [0.1, 0.15) is 18.3 Å². The Kier molecular flexibility index (Phi) is 3.65. The zero-order valence-electron chi connectivity index (χ0n) is 7.48. The SMILES string of the molecule is C[C@@H]1O[C@H](COP(=O)(O)O)[C@H](O)C1O. The number of hydrogen-bond acceptors (Lipinski definition) is 5. The maximum Gasteiger partial charge on any atom is 0.469 e. The van der Waals surface area contributed by atoms with E-state index in [0.717, 1.165) is 0 Å². The van der Waals surface area contributed by atoms with Crippen LogP contribution in [0.15, 0.2) is 0 Å². The summed E-state index contributed by atoms with van der Waals surface area (Å²) in [6.07, 6.45) is -3.72. The molecule has 0 aromatic rings. The second-order valence-corrected chi connectivity index (χ2v) is 4.39. The van der Waals surface area contributed by atoms with Crippen LogP contribution in [0.2, 0.25) is 0 Å². The largest absolute Gasteiger partial charge is 0.469 e. The van der Waals surface area contributed by atoms with E-state index >= 15 is 0 Å². The molecule has 1 rings (SSSR count). The molecule has 0 aromatic heterocycles. The molecule has 1 unspecified atom stereocenters. The second kappa shape index (κ2) is 4.24. The van der Waals surface area contributed by atoms with Crippen LogP contribution < -0.4 is 0 Å². The predicted molar refractivity (Wildman–Crippen MR) is 44.3 cm³/mol.